The third-order valence-corrected chi connectivity index (χ3v) is 12.8. The lowest BCUT2D eigenvalue weighted by molar-refractivity contribution is -0.123. The minimum Gasteiger partial charge on any atom is -0.476 e. The Morgan fingerprint density at radius 3 is 1.53 bits per heavy atom. The predicted octanol–water partition coefficient (Wildman–Crippen LogP) is 10.2. The van der Waals surface area contributed by atoms with E-state index in [0.717, 1.165) is 90.9 Å². The standard InChI is InChI=1S/C16H15N3.C15H14N2O2.C10H8N2O2.C9H6N2O2.C6H10O/c1-3-7-14-11(5-1)13(9-17-14)16-12-6-2-4-8-15(12)18-10-19-16;18-13-8-4-2-6-11(13)15(19)14-10-5-1-3-7-12(10)16-9-17-14;1-14-10(13)9-7-4-2-3-5-8(7)11-6-12-9;12-9(13)8-6-3-1-2-4-7(6)10-5-11-8;7-6-4-2-1-3-5-6/h2,4,6,8,10H,1,3,5,7,9H2;1,3,5,7,9,11H,2,4,6,8H2;2-6H,1H3;1-5H,(H,12,13);1-5H2. The number of carbonyl (C=O) groups excluding carboxylic acids is 4. The van der Waals surface area contributed by atoms with E-state index in [1.54, 1.807) is 36.7 Å². The molecule has 1 aliphatic heterocycles. The Hall–Kier alpha value is -8.40. The van der Waals surface area contributed by atoms with Crippen LogP contribution < -0.4 is 0 Å². The van der Waals surface area contributed by atoms with E-state index in [4.69, 9.17) is 10.1 Å². The van der Waals surface area contributed by atoms with Crippen molar-refractivity contribution in [3.63, 3.8) is 0 Å². The van der Waals surface area contributed by atoms with Crippen LogP contribution >= 0.6 is 0 Å². The summed E-state index contributed by atoms with van der Waals surface area (Å²) >= 11 is 0. The van der Waals surface area contributed by atoms with E-state index in [1.807, 2.05) is 54.6 Å². The number of para-hydroxylation sites is 4. The van der Waals surface area contributed by atoms with Gasteiger partial charge in [0.05, 0.1) is 47.3 Å². The molecule has 0 saturated heterocycles. The van der Waals surface area contributed by atoms with Crippen LogP contribution in [0.4, 0.5) is 0 Å². The fourth-order valence-corrected chi connectivity index (χ4v) is 9.13. The van der Waals surface area contributed by atoms with Crippen molar-refractivity contribution in [2.24, 2.45) is 10.9 Å². The van der Waals surface area contributed by atoms with Crippen molar-refractivity contribution in [1.29, 1.82) is 0 Å². The summed E-state index contributed by atoms with van der Waals surface area (Å²) in [6, 6.07) is 29.9. The lowest BCUT2D eigenvalue weighted by atomic mass is 9.83. The minimum absolute atomic E-state index is 0.0469. The molecule has 0 radical (unpaired) electrons. The second-order valence-electron chi connectivity index (χ2n) is 17.4. The Balaban J connectivity index is 0.000000124. The van der Waals surface area contributed by atoms with Crippen molar-refractivity contribution in [1.82, 2.24) is 39.9 Å². The number of hydrogen-bond acceptors (Lipinski definition) is 15. The number of allylic oxidation sites excluding steroid dienone is 1. The number of rotatable bonds is 5. The fourth-order valence-electron chi connectivity index (χ4n) is 9.13. The number of aromatic carboxylic acids is 1. The summed E-state index contributed by atoms with van der Waals surface area (Å²) in [7, 11) is 1.33. The molecule has 1 N–H and O–H groups in total. The lowest BCUT2D eigenvalue weighted by Crippen LogP contribution is -2.28. The van der Waals surface area contributed by atoms with Gasteiger partial charge in [0.15, 0.2) is 17.2 Å². The molecule has 12 rings (SSSR count). The van der Waals surface area contributed by atoms with Crippen LogP contribution in [0.1, 0.15) is 121 Å². The van der Waals surface area contributed by atoms with Crippen LogP contribution in [-0.2, 0) is 14.3 Å². The molecule has 1 atom stereocenters. The van der Waals surface area contributed by atoms with Gasteiger partial charge in [-0.2, -0.15) is 0 Å². The number of Topliss-reactive ketones (excluding diaryl/α,β-unsaturated/α-hetero) is 3. The highest BCUT2D eigenvalue weighted by atomic mass is 16.5. The van der Waals surface area contributed by atoms with Crippen molar-refractivity contribution >= 4 is 84.2 Å². The number of ether oxygens (including phenoxy) is 1. The minimum atomic E-state index is -1.03. The van der Waals surface area contributed by atoms with E-state index >= 15 is 0 Å². The average molecular weight is 964 g/mol. The van der Waals surface area contributed by atoms with Gasteiger partial charge in [0.1, 0.15) is 42.6 Å². The highest BCUT2D eigenvalue weighted by Crippen LogP contribution is 2.35. The van der Waals surface area contributed by atoms with Gasteiger partial charge in [-0.1, -0.05) is 85.6 Å². The second kappa shape index (κ2) is 24.4. The maximum atomic E-state index is 12.5. The average Bonchev–Trinajstić information content (AvgIpc) is 3.87. The van der Waals surface area contributed by atoms with Crippen LogP contribution in [0, 0.1) is 5.92 Å². The normalized spacial score (nSPS) is 16.1. The van der Waals surface area contributed by atoms with Crippen LogP contribution in [0.3, 0.4) is 0 Å². The van der Waals surface area contributed by atoms with E-state index in [0.29, 0.717) is 46.3 Å². The van der Waals surface area contributed by atoms with Crippen molar-refractivity contribution in [2.45, 2.75) is 83.5 Å². The van der Waals surface area contributed by atoms with E-state index in [1.165, 1.54) is 62.2 Å². The summed E-state index contributed by atoms with van der Waals surface area (Å²) in [5.41, 5.74) is 9.06. The molecule has 4 aromatic heterocycles. The molecule has 8 aromatic rings. The summed E-state index contributed by atoms with van der Waals surface area (Å²) in [6.07, 6.45) is 18.8. The Labute approximate surface area is 415 Å². The number of hydrogen-bond donors (Lipinski definition) is 1. The zero-order chi connectivity index (χ0) is 50.2. The fraction of sp³-hybridized carbons (Fsp3) is 0.286. The summed E-state index contributed by atoms with van der Waals surface area (Å²) < 4.78 is 4.62. The van der Waals surface area contributed by atoms with Crippen molar-refractivity contribution in [3.8, 4) is 0 Å². The van der Waals surface area contributed by atoms with Crippen LogP contribution in [0.2, 0.25) is 0 Å². The maximum absolute atomic E-state index is 12.5. The van der Waals surface area contributed by atoms with Crippen LogP contribution in [0.25, 0.3) is 49.2 Å². The van der Waals surface area contributed by atoms with E-state index < -0.39 is 17.9 Å². The van der Waals surface area contributed by atoms with Crippen molar-refractivity contribution in [3.05, 3.63) is 151 Å². The van der Waals surface area contributed by atoms with Gasteiger partial charge in [-0.05, 0) is 81.2 Å². The van der Waals surface area contributed by atoms with Gasteiger partial charge in [0.25, 0.3) is 0 Å². The molecule has 4 aliphatic rings. The van der Waals surface area contributed by atoms with E-state index in [9.17, 15) is 24.0 Å². The Morgan fingerprint density at radius 2 is 0.972 bits per heavy atom. The SMILES string of the molecule is COC(=O)c1ncnc2ccccc12.O=C(O)c1ncnc2ccccc12.O=C1CCCCC1.O=C1CCCCC1C(=O)c1ncnc2ccccc12.c1ccc2c(C3=C4CCCCC4=NC3)ncnc2c1. The summed E-state index contributed by atoms with van der Waals surface area (Å²) in [6.45, 7) is 0.797. The maximum Gasteiger partial charge on any atom is 0.357 e. The van der Waals surface area contributed by atoms with Gasteiger partial charge in [0, 0.05) is 52.1 Å². The summed E-state index contributed by atoms with van der Waals surface area (Å²) in [5, 5.41) is 11.9. The highest BCUT2D eigenvalue weighted by Gasteiger charge is 2.31. The molecule has 0 bridgehead atoms. The number of methoxy groups -OCH3 is 1. The summed E-state index contributed by atoms with van der Waals surface area (Å²) in [4.78, 5) is 94.3. The zero-order valence-electron chi connectivity index (χ0n) is 39.9. The first-order valence-corrected chi connectivity index (χ1v) is 24.2. The Morgan fingerprint density at radius 1 is 0.500 bits per heavy atom. The van der Waals surface area contributed by atoms with Gasteiger partial charge < -0.3 is 9.84 Å². The smallest absolute Gasteiger partial charge is 0.357 e. The number of aliphatic imine (C=N–C) groups is 1. The first-order chi connectivity index (χ1) is 35.2. The molecule has 16 heteroatoms. The Kier molecular flexibility index (Phi) is 17.0. The molecular formula is C56H53N9O7. The third-order valence-electron chi connectivity index (χ3n) is 12.8. The summed E-state index contributed by atoms with van der Waals surface area (Å²) in [5.74, 6) is -1.61. The van der Waals surface area contributed by atoms with E-state index in [-0.39, 0.29) is 17.3 Å². The molecule has 16 nitrogen and oxygen atoms in total. The predicted molar refractivity (Wildman–Crippen MR) is 274 cm³/mol. The molecule has 1 unspecified atom stereocenters. The first kappa shape index (κ1) is 50.0. The largest absolute Gasteiger partial charge is 0.476 e. The molecule has 72 heavy (non-hydrogen) atoms. The van der Waals surface area contributed by atoms with Crippen molar-refractivity contribution < 1.29 is 33.8 Å². The van der Waals surface area contributed by atoms with Gasteiger partial charge in [-0.25, -0.2) is 49.5 Å². The second-order valence-corrected chi connectivity index (χ2v) is 17.4. The van der Waals surface area contributed by atoms with Gasteiger partial charge in [-0.15, -0.1) is 0 Å². The monoisotopic (exact) mass is 963 g/mol. The van der Waals surface area contributed by atoms with Crippen LogP contribution in [0.15, 0.2) is 133 Å². The molecule has 3 fully saturated rings. The molecule has 0 amide bonds. The number of carboxylic acids is 1. The molecule has 3 saturated carbocycles. The van der Waals surface area contributed by atoms with Crippen LogP contribution in [0.5, 0.6) is 0 Å². The molecular weight excluding hydrogens is 911 g/mol. The molecule has 364 valence electrons. The number of nitrogens with zero attached hydrogens (tertiary/aromatic N) is 9. The number of aromatic nitrogens is 8. The number of fused-ring (bicyclic) bond motifs is 5. The Bertz CT molecular complexity index is 3330. The number of carboxylic acid groups (broad SMARTS) is 1. The third kappa shape index (κ3) is 12.1. The number of benzene rings is 4. The lowest BCUT2D eigenvalue weighted by Gasteiger charge is -2.19. The van der Waals surface area contributed by atoms with Gasteiger partial charge >= 0.3 is 11.9 Å². The van der Waals surface area contributed by atoms with E-state index in [2.05, 4.69) is 56.7 Å². The van der Waals surface area contributed by atoms with Gasteiger partial charge in [0.2, 0.25) is 0 Å². The quantitative estimate of drug-likeness (QED) is 0.0960. The topological polar surface area (TPSA) is 230 Å². The van der Waals surface area contributed by atoms with Crippen LogP contribution in [-0.4, -0.2) is 93.6 Å². The molecule has 4 aromatic carbocycles. The molecule has 5 heterocycles. The van der Waals surface area contributed by atoms with Crippen molar-refractivity contribution in [2.75, 3.05) is 13.7 Å². The zero-order valence-corrected chi connectivity index (χ0v) is 39.9. The number of ketones is 3. The first-order valence-electron chi connectivity index (χ1n) is 24.2. The van der Waals surface area contributed by atoms with Gasteiger partial charge in [-0.3, -0.25) is 19.4 Å². The molecule has 0 spiro atoms. The number of carbonyl (C=O) groups is 5. The highest BCUT2D eigenvalue weighted by molar-refractivity contribution is 6.15. The number of esters is 1. The molecule has 3 aliphatic carbocycles.